The van der Waals surface area contributed by atoms with Crippen LogP contribution < -0.4 is 14.8 Å². The van der Waals surface area contributed by atoms with Gasteiger partial charge in [-0.15, -0.1) is 0 Å². The predicted octanol–water partition coefficient (Wildman–Crippen LogP) is 5.06. The van der Waals surface area contributed by atoms with E-state index in [9.17, 15) is 9.59 Å². The Morgan fingerprint density at radius 1 is 0.882 bits per heavy atom. The van der Waals surface area contributed by atoms with Crippen LogP contribution in [0.4, 0.5) is 0 Å². The molecule has 3 aromatic rings. The van der Waals surface area contributed by atoms with E-state index in [1.54, 1.807) is 40.0 Å². The minimum absolute atomic E-state index is 0.150. The second-order valence-electron chi connectivity index (χ2n) is 8.26. The zero-order chi connectivity index (χ0) is 24.6. The minimum atomic E-state index is -1.06. The first-order chi connectivity index (χ1) is 16.3. The third kappa shape index (κ3) is 6.38. The first-order valence-corrected chi connectivity index (χ1v) is 11.3. The number of methoxy groups -OCH3 is 1. The lowest BCUT2D eigenvalue weighted by atomic mass is 10.0. The molecule has 1 N–H and O–H groups in total. The highest BCUT2D eigenvalue weighted by molar-refractivity contribution is 5.96. The van der Waals surface area contributed by atoms with Gasteiger partial charge in [-0.05, 0) is 68.1 Å². The Morgan fingerprint density at radius 2 is 1.50 bits per heavy atom. The highest BCUT2D eigenvalue weighted by Gasteiger charge is 2.31. The van der Waals surface area contributed by atoms with Crippen molar-refractivity contribution in [2.75, 3.05) is 20.3 Å². The van der Waals surface area contributed by atoms with Crippen molar-refractivity contribution in [1.29, 1.82) is 0 Å². The number of hydrogen-bond donors (Lipinski definition) is 1. The molecule has 0 atom stereocenters. The second-order valence-corrected chi connectivity index (χ2v) is 8.26. The molecule has 0 aliphatic carbocycles. The van der Waals surface area contributed by atoms with Crippen molar-refractivity contribution in [3.8, 4) is 22.6 Å². The summed E-state index contributed by atoms with van der Waals surface area (Å²) in [5.41, 5.74) is 2.70. The summed E-state index contributed by atoms with van der Waals surface area (Å²) in [5, 5.41) is 2.94. The van der Waals surface area contributed by atoms with E-state index in [2.05, 4.69) is 29.6 Å². The number of esters is 1. The predicted molar refractivity (Wildman–Crippen MR) is 132 cm³/mol. The standard InChI is InChI=1S/C28H31NO5/c1-5-33-27(31)28(2,3)34-23-16-14-22(15-17-23)21-12-10-20(11-13-21)18-19-29-26(30)24-8-6-7-9-25(24)32-4/h6-17H,5,18-19H2,1-4H3,(H,29,30). The molecule has 6 nitrogen and oxygen atoms in total. The van der Waals surface area contributed by atoms with E-state index in [0.717, 1.165) is 23.1 Å². The van der Waals surface area contributed by atoms with Crippen LogP contribution in [0.3, 0.4) is 0 Å². The summed E-state index contributed by atoms with van der Waals surface area (Å²) in [7, 11) is 1.55. The molecule has 0 aliphatic rings. The van der Waals surface area contributed by atoms with E-state index in [1.165, 1.54) is 0 Å². The zero-order valence-electron chi connectivity index (χ0n) is 20.1. The quantitative estimate of drug-likeness (QED) is 0.428. The van der Waals surface area contributed by atoms with Crippen LogP contribution in [0.15, 0.2) is 72.8 Å². The molecule has 0 spiro atoms. The van der Waals surface area contributed by atoms with Crippen LogP contribution in [0.2, 0.25) is 0 Å². The molecule has 0 saturated heterocycles. The Morgan fingerprint density at radius 3 is 2.12 bits per heavy atom. The fourth-order valence-electron chi connectivity index (χ4n) is 3.47. The van der Waals surface area contributed by atoms with Crippen LogP contribution in [0.25, 0.3) is 11.1 Å². The van der Waals surface area contributed by atoms with Crippen molar-refractivity contribution in [1.82, 2.24) is 5.32 Å². The summed E-state index contributed by atoms with van der Waals surface area (Å²) >= 11 is 0. The third-order valence-corrected chi connectivity index (χ3v) is 5.33. The van der Waals surface area contributed by atoms with E-state index in [4.69, 9.17) is 14.2 Å². The molecule has 0 aromatic heterocycles. The van der Waals surface area contributed by atoms with Gasteiger partial charge in [0.15, 0.2) is 5.60 Å². The Labute approximate surface area is 200 Å². The number of hydrogen-bond acceptors (Lipinski definition) is 5. The number of carbonyl (C=O) groups is 2. The molecule has 0 bridgehead atoms. The van der Waals surface area contributed by atoms with E-state index in [0.29, 0.717) is 30.2 Å². The topological polar surface area (TPSA) is 73.9 Å². The molecular weight excluding hydrogens is 430 g/mol. The number of ether oxygens (including phenoxy) is 3. The first kappa shape index (κ1) is 24.8. The normalized spacial score (nSPS) is 10.9. The molecule has 3 aromatic carbocycles. The van der Waals surface area contributed by atoms with Gasteiger partial charge in [0.25, 0.3) is 5.91 Å². The van der Waals surface area contributed by atoms with Crippen molar-refractivity contribution in [2.45, 2.75) is 32.8 Å². The maximum atomic E-state index is 12.4. The summed E-state index contributed by atoms with van der Waals surface area (Å²) in [6.45, 7) is 5.99. The van der Waals surface area contributed by atoms with Crippen molar-refractivity contribution >= 4 is 11.9 Å². The third-order valence-electron chi connectivity index (χ3n) is 5.33. The summed E-state index contributed by atoms with van der Waals surface area (Å²) < 4.78 is 16.1. The van der Waals surface area contributed by atoms with Crippen molar-refractivity contribution in [3.05, 3.63) is 83.9 Å². The van der Waals surface area contributed by atoms with Gasteiger partial charge in [-0.25, -0.2) is 4.79 Å². The highest BCUT2D eigenvalue weighted by atomic mass is 16.6. The monoisotopic (exact) mass is 461 g/mol. The van der Waals surface area contributed by atoms with Gasteiger partial charge in [0, 0.05) is 6.54 Å². The van der Waals surface area contributed by atoms with Gasteiger partial charge in [-0.2, -0.15) is 0 Å². The SMILES string of the molecule is CCOC(=O)C(C)(C)Oc1ccc(-c2ccc(CCNC(=O)c3ccccc3OC)cc2)cc1. The van der Waals surface area contributed by atoms with Crippen LogP contribution in [-0.4, -0.2) is 37.7 Å². The Kier molecular flexibility index (Phi) is 8.30. The number of carbonyl (C=O) groups excluding carboxylic acids is 2. The molecule has 0 fully saturated rings. The van der Waals surface area contributed by atoms with Crippen LogP contribution in [-0.2, 0) is 16.0 Å². The van der Waals surface area contributed by atoms with Crippen molar-refractivity contribution in [2.24, 2.45) is 0 Å². The average molecular weight is 462 g/mol. The van der Waals surface area contributed by atoms with E-state index in [-0.39, 0.29) is 5.91 Å². The average Bonchev–Trinajstić information content (AvgIpc) is 2.85. The van der Waals surface area contributed by atoms with Gasteiger partial charge < -0.3 is 19.5 Å². The van der Waals surface area contributed by atoms with Crippen LogP contribution in [0, 0.1) is 0 Å². The lowest BCUT2D eigenvalue weighted by Crippen LogP contribution is -2.39. The van der Waals surface area contributed by atoms with Crippen LogP contribution >= 0.6 is 0 Å². The molecule has 0 heterocycles. The summed E-state index contributed by atoms with van der Waals surface area (Å²) in [6, 6.07) is 23.0. The smallest absolute Gasteiger partial charge is 0.349 e. The molecule has 3 rings (SSSR count). The molecule has 0 unspecified atom stereocenters. The molecule has 0 aliphatic heterocycles. The number of nitrogens with one attached hydrogen (secondary N) is 1. The van der Waals surface area contributed by atoms with Gasteiger partial charge in [-0.1, -0.05) is 48.5 Å². The zero-order valence-corrected chi connectivity index (χ0v) is 20.1. The molecule has 34 heavy (non-hydrogen) atoms. The number of benzene rings is 3. The fourth-order valence-corrected chi connectivity index (χ4v) is 3.47. The lowest BCUT2D eigenvalue weighted by Gasteiger charge is -2.24. The van der Waals surface area contributed by atoms with E-state index in [1.807, 2.05) is 36.4 Å². The number of amides is 1. The minimum Gasteiger partial charge on any atom is -0.496 e. The number of rotatable bonds is 10. The molecule has 0 saturated carbocycles. The molecular formula is C28H31NO5. The first-order valence-electron chi connectivity index (χ1n) is 11.3. The largest absolute Gasteiger partial charge is 0.496 e. The van der Waals surface area contributed by atoms with Gasteiger partial charge >= 0.3 is 5.97 Å². The summed E-state index contributed by atoms with van der Waals surface area (Å²) in [6.07, 6.45) is 0.719. The van der Waals surface area contributed by atoms with E-state index < -0.39 is 11.6 Å². The Hall–Kier alpha value is -3.80. The molecule has 6 heteroatoms. The number of para-hydroxylation sites is 1. The van der Waals surface area contributed by atoms with E-state index >= 15 is 0 Å². The molecule has 178 valence electrons. The molecule has 1 amide bonds. The Bertz CT molecular complexity index is 1100. The van der Waals surface area contributed by atoms with Gasteiger partial charge in [0.2, 0.25) is 0 Å². The summed E-state index contributed by atoms with van der Waals surface area (Å²) in [4.78, 5) is 24.4. The lowest BCUT2D eigenvalue weighted by molar-refractivity contribution is -0.158. The van der Waals surface area contributed by atoms with Crippen molar-refractivity contribution in [3.63, 3.8) is 0 Å². The van der Waals surface area contributed by atoms with Gasteiger partial charge in [0.05, 0.1) is 19.3 Å². The van der Waals surface area contributed by atoms with Crippen LogP contribution in [0.1, 0.15) is 36.7 Å². The highest BCUT2D eigenvalue weighted by Crippen LogP contribution is 2.25. The van der Waals surface area contributed by atoms with Crippen molar-refractivity contribution < 1.29 is 23.8 Å². The van der Waals surface area contributed by atoms with Gasteiger partial charge in [-0.3, -0.25) is 4.79 Å². The van der Waals surface area contributed by atoms with Gasteiger partial charge in [0.1, 0.15) is 11.5 Å². The summed E-state index contributed by atoms with van der Waals surface area (Å²) in [5.74, 6) is 0.616. The fraction of sp³-hybridized carbons (Fsp3) is 0.286. The van der Waals surface area contributed by atoms with Crippen LogP contribution in [0.5, 0.6) is 11.5 Å². The maximum Gasteiger partial charge on any atom is 0.349 e. The second kappa shape index (κ2) is 11.4. The maximum absolute atomic E-state index is 12.4. The molecule has 0 radical (unpaired) electrons. The Balaban J connectivity index is 1.55.